The molecular formula is C14H19FN2O. The molecule has 1 aromatic rings. The monoisotopic (exact) mass is 250 g/mol. The van der Waals surface area contributed by atoms with E-state index in [0.717, 1.165) is 18.7 Å². The van der Waals surface area contributed by atoms with Gasteiger partial charge in [0.2, 0.25) is 5.91 Å². The molecule has 0 aromatic heterocycles. The van der Waals surface area contributed by atoms with E-state index in [9.17, 15) is 9.18 Å². The fourth-order valence-corrected chi connectivity index (χ4v) is 2.20. The number of rotatable bonds is 4. The standard InChI is InChI=1S/C14H19FN2O/c1-10(12-7-16-8-12)14(18)17(2)9-11-4-3-5-13(15)6-11/h3-6,10,12,16H,7-9H2,1-2H3. The summed E-state index contributed by atoms with van der Waals surface area (Å²) in [7, 11) is 1.77. The van der Waals surface area contributed by atoms with Gasteiger partial charge in [0.1, 0.15) is 5.82 Å². The number of hydrogen-bond acceptors (Lipinski definition) is 2. The molecule has 1 aliphatic rings. The average Bonchev–Trinajstić information content (AvgIpc) is 2.25. The van der Waals surface area contributed by atoms with Crippen LogP contribution in [0.25, 0.3) is 0 Å². The summed E-state index contributed by atoms with van der Waals surface area (Å²) in [6.45, 7) is 4.26. The van der Waals surface area contributed by atoms with Crippen molar-refractivity contribution in [3.05, 3.63) is 35.6 Å². The van der Waals surface area contributed by atoms with Crippen LogP contribution in [0.5, 0.6) is 0 Å². The molecule has 0 bridgehead atoms. The van der Waals surface area contributed by atoms with Crippen LogP contribution in [0.1, 0.15) is 12.5 Å². The Hall–Kier alpha value is -1.42. The molecule has 1 atom stereocenters. The summed E-state index contributed by atoms with van der Waals surface area (Å²) in [5, 5.41) is 3.17. The third kappa shape index (κ3) is 2.88. The summed E-state index contributed by atoms with van der Waals surface area (Å²) in [6, 6.07) is 6.39. The second-order valence-electron chi connectivity index (χ2n) is 5.03. The maximum Gasteiger partial charge on any atom is 0.225 e. The van der Waals surface area contributed by atoms with Crippen molar-refractivity contribution in [3.63, 3.8) is 0 Å². The highest BCUT2D eigenvalue weighted by molar-refractivity contribution is 5.78. The van der Waals surface area contributed by atoms with E-state index in [1.165, 1.54) is 12.1 Å². The minimum atomic E-state index is -0.260. The summed E-state index contributed by atoms with van der Waals surface area (Å²) in [5.41, 5.74) is 0.824. The fraction of sp³-hybridized carbons (Fsp3) is 0.500. The molecule has 1 fully saturated rings. The Balaban J connectivity index is 1.94. The van der Waals surface area contributed by atoms with Crippen molar-refractivity contribution in [2.24, 2.45) is 11.8 Å². The Morgan fingerprint density at radius 2 is 2.28 bits per heavy atom. The van der Waals surface area contributed by atoms with E-state index in [2.05, 4.69) is 5.32 Å². The summed E-state index contributed by atoms with van der Waals surface area (Å²) in [6.07, 6.45) is 0. The molecule has 1 amide bonds. The van der Waals surface area contributed by atoms with Crippen molar-refractivity contribution in [2.75, 3.05) is 20.1 Å². The molecule has 1 heterocycles. The largest absolute Gasteiger partial charge is 0.341 e. The minimum absolute atomic E-state index is 0.0322. The summed E-state index contributed by atoms with van der Waals surface area (Å²) in [4.78, 5) is 13.8. The van der Waals surface area contributed by atoms with Crippen LogP contribution in [0.3, 0.4) is 0 Å². The van der Waals surface area contributed by atoms with Gasteiger partial charge < -0.3 is 10.2 Å². The van der Waals surface area contributed by atoms with E-state index in [4.69, 9.17) is 0 Å². The second kappa shape index (κ2) is 5.48. The lowest BCUT2D eigenvalue weighted by atomic mass is 9.88. The van der Waals surface area contributed by atoms with E-state index in [1.807, 2.05) is 13.0 Å². The van der Waals surface area contributed by atoms with Crippen LogP contribution in [0.4, 0.5) is 4.39 Å². The fourth-order valence-electron chi connectivity index (χ4n) is 2.20. The van der Waals surface area contributed by atoms with Gasteiger partial charge in [-0.1, -0.05) is 19.1 Å². The molecule has 1 saturated heterocycles. The number of amides is 1. The van der Waals surface area contributed by atoms with E-state index in [1.54, 1.807) is 18.0 Å². The third-order valence-electron chi connectivity index (χ3n) is 3.59. The van der Waals surface area contributed by atoms with Gasteiger partial charge in [0.25, 0.3) is 0 Å². The molecule has 0 aliphatic carbocycles. The zero-order valence-corrected chi connectivity index (χ0v) is 10.8. The van der Waals surface area contributed by atoms with Crippen molar-refractivity contribution in [2.45, 2.75) is 13.5 Å². The Labute approximate surface area is 107 Å². The molecule has 0 saturated carbocycles. The number of hydrogen-bond donors (Lipinski definition) is 1. The number of benzene rings is 1. The number of carbonyl (C=O) groups is 1. The van der Waals surface area contributed by atoms with Gasteiger partial charge in [-0.3, -0.25) is 4.79 Å². The molecule has 4 heteroatoms. The SMILES string of the molecule is CC(C(=O)N(C)Cc1cccc(F)c1)C1CNC1. The molecule has 3 nitrogen and oxygen atoms in total. The molecule has 0 spiro atoms. The first kappa shape index (κ1) is 13.0. The molecule has 1 N–H and O–H groups in total. The average molecular weight is 250 g/mol. The summed E-state index contributed by atoms with van der Waals surface area (Å²) < 4.78 is 13.1. The lowest BCUT2D eigenvalue weighted by Gasteiger charge is -2.34. The van der Waals surface area contributed by atoms with Gasteiger partial charge >= 0.3 is 0 Å². The summed E-state index contributed by atoms with van der Waals surface area (Å²) >= 11 is 0. The lowest BCUT2D eigenvalue weighted by molar-refractivity contribution is -0.136. The normalized spacial score (nSPS) is 17.1. The summed E-state index contributed by atoms with van der Waals surface area (Å²) in [5.74, 6) is 0.340. The highest BCUT2D eigenvalue weighted by Crippen LogP contribution is 2.19. The highest BCUT2D eigenvalue weighted by Gasteiger charge is 2.30. The molecule has 0 radical (unpaired) electrons. The van der Waals surface area contributed by atoms with Gasteiger partial charge in [0, 0.05) is 19.5 Å². The zero-order valence-electron chi connectivity index (χ0n) is 10.8. The van der Waals surface area contributed by atoms with Crippen LogP contribution in [0.2, 0.25) is 0 Å². The van der Waals surface area contributed by atoms with Crippen LogP contribution in [-0.2, 0) is 11.3 Å². The topological polar surface area (TPSA) is 32.3 Å². The van der Waals surface area contributed by atoms with Crippen LogP contribution in [0.15, 0.2) is 24.3 Å². The van der Waals surface area contributed by atoms with Gasteiger partial charge in [0.05, 0.1) is 0 Å². The van der Waals surface area contributed by atoms with E-state index in [-0.39, 0.29) is 17.6 Å². The smallest absolute Gasteiger partial charge is 0.225 e. The number of carbonyl (C=O) groups excluding carboxylic acids is 1. The number of halogens is 1. The van der Waals surface area contributed by atoms with Gasteiger partial charge in [-0.15, -0.1) is 0 Å². The van der Waals surface area contributed by atoms with Crippen molar-refractivity contribution in [3.8, 4) is 0 Å². The molecule has 98 valence electrons. The zero-order chi connectivity index (χ0) is 13.1. The molecular weight excluding hydrogens is 231 g/mol. The van der Waals surface area contributed by atoms with Gasteiger partial charge in [-0.25, -0.2) is 4.39 Å². The molecule has 2 rings (SSSR count). The van der Waals surface area contributed by atoms with Crippen LogP contribution in [0, 0.1) is 17.7 Å². The van der Waals surface area contributed by atoms with Gasteiger partial charge in [0.15, 0.2) is 0 Å². The molecule has 18 heavy (non-hydrogen) atoms. The van der Waals surface area contributed by atoms with E-state index < -0.39 is 0 Å². The first-order chi connectivity index (χ1) is 8.58. The van der Waals surface area contributed by atoms with Crippen molar-refractivity contribution in [1.29, 1.82) is 0 Å². The van der Waals surface area contributed by atoms with Crippen LogP contribution in [-0.4, -0.2) is 30.9 Å². The third-order valence-corrected chi connectivity index (χ3v) is 3.59. The Morgan fingerprint density at radius 3 is 2.83 bits per heavy atom. The van der Waals surface area contributed by atoms with Crippen molar-refractivity contribution >= 4 is 5.91 Å². The first-order valence-corrected chi connectivity index (χ1v) is 6.28. The lowest BCUT2D eigenvalue weighted by Crippen LogP contribution is -2.49. The highest BCUT2D eigenvalue weighted by atomic mass is 19.1. The number of nitrogens with one attached hydrogen (secondary N) is 1. The maximum atomic E-state index is 13.1. The number of nitrogens with zero attached hydrogens (tertiary/aromatic N) is 1. The van der Waals surface area contributed by atoms with E-state index in [0.29, 0.717) is 12.5 Å². The maximum absolute atomic E-state index is 13.1. The Kier molecular flexibility index (Phi) is 3.97. The van der Waals surface area contributed by atoms with Gasteiger partial charge in [-0.2, -0.15) is 0 Å². The first-order valence-electron chi connectivity index (χ1n) is 6.28. The molecule has 1 aromatic carbocycles. The minimum Gasteiger partial charge on any atom is -0.341 e. The Morgan fingerprint density at radius 1 is 1.56 bits per heavy atom. The second-order valence-corrected chi connectivity index (χ2v) is 5.03. The van der Waals surface area contributed by atoms with E-state index >= 15 is 0 Å². The van der Waals surface area contributed by atoms with Crippen LogP contribution < -0.4 is 5.32 Å². The van der Waals surface area contributed by atoms with Crippen LogP contribution >= 0.6 is 0 Å². The molecule has 1 unspecified atom stereocenters. The quantitative estimate of drug-likeness (QED) is 0.881. The van der Waals surface area contributed by atoms with Crippen molar-refractivity contribution < 1.29 is 9.18 Å². The molecule has 1 aliphatic heterocycles. The predicted molar refractivity (Wildman–Crippen MR) is 68.4 cm³/mol. The Bertz CT molecular complexity index is 432. The predicted octanol–water partition coefficient (Wildman–Crippen LogP) is 1.64. The van der Waals surface area contributed by atoms with Crippen molar-refractivity contribution in [1.82, 2.24) is 10.2 Å². The van der Waals surface area contributed by atoms with Gasteiger partial charge in [-0.05, 0) is 36.7 Å².